The Hall–Kier alpha value is -1.62. The minimum Gasteiger partial charge on any atom is -0.480 e. The molecule has 0 saturated carbocycles. The van der Waals surface area contributed by atoms with E-state index in [1.165, 1.54) is 0 Å². The predicted octanol–water partition coefficient (Wildman–Crippen LogP) is 2.32. The van der Waals surface area contributed by atoms with Gasteiger partial charge in [-0.3, -0.25) is 4.79 Å². The fourth-order valence-electron chi connectivity index (χ4n) is 1.58. The van der Waals surface area contributed by atoms with Gasteiger partial charge in [-0.1, -0.05) is 28.1 Å². The third-order valence-corrected chi connectivity index (χ3v) is 2.91. The van der Waals surface area contributed by atoms with Gasteiger partial charge in [0.1, 0.15) is 12.4 Å². The molecule has 2 aromatic rings. The molecule has 0 saturated heterocycles. The molecule has 1 heterocycles. The Morgan fingerprint density at radius 1 is 1.35 bits per heavy atom. The molecule has 0 spiro atoms. The van der Waals surface area contributed by atoms with Crippen LogP contribution in [0.15, 0.2) is 41.1 Å². The lowest BCUT2D eigenvalue weighted by Crippen LogP contribution is -2.11. The van der Waals surface area contributed by atoms with Crippen LogP contribution in [0.5, 0.6) is 0 Å². The van der Waals surface area contributed by atoms with Crippen LogP contribution < -0.4 is 0 Å². The first-order chi connectivity index (χ1) is 8.15. The first-order valence-electron chi connectivity index (χ1n) is 5.11. The number of hydrogen-bond acceptors (Lipinski definition) is 2. The summed E-state index contributed by atoms with van der Waals surface area (Å²) >= 11 is 3.37. The average molecular weight is 295 g/mol. The van der Waals surface area contributed by atoms with Gasteiger partial charge < -0.3 is 9.67 Å². The quantitative estimate of drug-likeness (QED) is 0.941. The molecule has 0 aliphatic rings. The summed E-state index contributed by atoms with van der Waals surface area (Å²) in [6.07, 6.45) is 3.94. The summed E-state index contributed by atoms with van der Waals surface area (Å²) in [5, 5.41) is 8.76. The number of carboxylic acids is 1. The van der Waals surface area contributed by atoms with Crippen molar-refractivity contribution in [1.29, 1.82) is 0 Å². The number of nitrogens with zero attached hydrogens (tertiary/aromatic N) is 2. The normalized spacial score (nSPS) is 10.4. The van der Waals surface area contributed by atoms with Crippen molar-refractivity contribution in [2.24, 2.45) is 0 Å². The van der Waals surface area contributed by atoms with Gasteiger partial charge in [0.15, 0.2) is 0 Å². The second-order valence-electron chi connectivity index (χ2n) is 3.67. The number of aliphatic carboxylic acids is 1. The number of hydrogen-bond donors (Lipinski definition) is 1. The van der Waals surface area contributed by atoms with Crippen LogP contribution in [0, 0.1) is 0 Å². The maximum atomic E-state index is 10.7. The Balaban J connectivity index is 2.15. The summed E-state index contributed by atoms with van der Waals surface area (Å²) in [4.78, 5) is 14.8. The van der Waals surface area contributed by atoms with E-state index in [0.717, 1.165) is 15.9 Å². The smallest absolute Gasteiger partial charge is 0.323 e. The molecule has 1 aromatic heterocycles. The number of aromatic nitrogens is 2. The molecular formula is C12H11BrN2O2. The summed E-state index contributed by atoms with van der Waals surface area (Å²) in [5.41, 5.74) is 1.10. The van der Waals surface area contributed by atoms with E-state index in [2.05, 4.69) is 20.9 Å². The summed E-state index contributed by atoms with van der Waals surface area (Å²) in [7, 11) is 0. The zero-order valence-electron chi connectivity index (χ0n) is 9.01. The molecule has 1 N–H and O–H groups in total. The van der Waals surface area contributed by atoms with Crippen LogP contribution in [0.2, 0.25) is 0 Å². The summed E-state index contributed by atoms with van der Waals surface area (Å²) in [6.45, 7) is -0.0497. The lowest BCUT2D eigenvalue weighted by molar-refractivity contribution is -0.137. The molecule has 0 aliphatic heterocycles. The first kappa shape index (κ1) is 11.9. The number of rotatable bonds is 4. The highest BCUT2D eigenvalue weighted by molar-refractivity contribution is 9.10. The lowest BCUT2D eigenvalue weighted by Gasteiger charge is -2.05. The Bertz CT molecular complexity index is 520. The molecule has 0 fully saturated rings. The molecule has 0 atom stereocenters. The molecule has 0 radical (unpaired) electrons. The van der Waals surface area contributed by atoms with Crippen LogP contribution in [0.25, 0.3) is 0 Å². The van der Waals surface area contributed by atoms with Crippen LogP contribution in [-0.4, -0.2) is 20.6 Å². The van der Waals surface area contributed by atoms with Crippen molar-refractivity contribution in [3.8, 4) is 0 Å². The first-order valence-corrected chi connectivity index (χ1v) is 5.90. The maximum Gasteiger partial charge on any atom is 0.323 e. The van der Waals surface area contributed by atoms with E-state index < -0.39 is 5.97 Å². The highest BCUT2D eigenvalue weighted by Crippen LogP contribution is 2.13. The van der Waals surface area contributed by atoms with Crippen LogP contribution in [-0.2, 0) is 17.8 Å². The number of benzene rings is 1. The Morgan fingerprint density at radius 2 is 2.06 bits per heavy atom. The molecule has 5 heteroatoms. The van der Waals surface area contributed by atoms with E-state index in [9.17, 15) is 4.79 Å². The lowest BCUT2D eigenvalue weighted by atomic mass is 10.1. The van der Waals surface area contributed by atoms with Gasteiger partial charge in [-0.05, 0) is 17.7 Å². The van der Waals surface area contributed by atoms with Gasteiger partial charge >= 0.3 is 5.97 Å². The Kier molecular flexibility index (Phi) is 3.58. The maximum absolute atomic E-state index is 10.7. The number of imidazole rings is 1. The van der Waals surface area contributed by atoms with E-state index in [1.54, 1.807) is 17.0 Å². The molecule has 88 valence electrons. The van der Waals surface area contributed by atoms with Gasteiger partial charge in [0, 0.05) is 23.3 Å². The van der Waals surface area contributed by atoms with E-state index in [4.69, 9.17) is 5.11 Å². The van der Waals surface area contributed by atoms with Gasteiger partial charge in [0.25, 0.3) is 0 Å². The number of carboxylic acid groups (broad SMARTS) is 1. The predicted molar refractivity (Wildman–Crippen MR) is 66.8 cm³/mol. The SMILES string of the molecule is O=C(O)Cn1ccnc1Cc1ccc(Br)cc1. The molecule has 4 nitrogen and oxygen atoms in total. The summed E-state index contributed by atoms with van der Waals surface area (Å²) in [5.74, 6) is -0.102. The van der Waals surface area contributed by atoms with Crippen molar-refractivity contribution >= 4 is 21.9 Å². The van der Waals surface area contributed by atoms with Crippen molar-refractivity contribution in [2.45, 2.75) is 13.0 Å². The molecule has 0 aliphatic carbocycles. The van der Waals surface area contributed by atoms with Gasteiger partial charge in [-0.15, -0.1) is 0 Å². The van der Waals surface area contributed by atoms with Gasteiger partial charge in [0.2, 0.25) is 0 Å². The van der Waals surface area contributed by atoms with Gasteiger partial charge in [0.05, 0.1) is 0 Å². The highest BCUT2D eigenvalue weighted by atomic mass is 79.9. The third-order valence-electron chi connectivity index (χ3n) is 2.38. The van der Waals surface area contributed by atoms with E-state index in [-0.39, 0.29) is 6.54 Å². The highest BCUT2D eigenvalue weighted by Gasteiger charge is 2.06. The fraction of sp³-hybridized carbons (Fsp3) is 0.167. The average Bonchev–Trinajstić information content (AvgIpc) is 2.68. The van der Waals surface area contributed by atoms with Crippen molar-refractivity contribution in [3.63, 3.8) is 0 Å². The summed E-state index contributed by atoms with van der Waals surface area (Å²) < 4.78 is 2.67. The Morgan fingerprint density at radius 3 is 2.71 bits per heavy atom. The molecule has 1 aromatic carbocycles. The molecule has 0 amide bonds. The van der Waals surface area contributed by atoms with Crippen LogP contribution in [0.1, 0.15) is 11.4 Å². The number of carbonyl (C=O) groups is 1. The largest absolute Gasteiger partial charge is 0.480 e. The fourth-order valence-corrected chi connectivity index (χ4v) is 1.85. The molecule has 2 rings (SSSR count). The van der Waals surface area contributed by atoms with Crippen LogP contribution in [0.3, 0.4) is 0 Å². The van der Waals surface area contributed by atoms with Crippen molar-refractivity contribution in [2.75, 3.05) is 0 Å². The van der Waals surface area contributed by atoms with Crippen LogP contribution >= 0.6 is 15.9 Å². The minimum atomic E-state index is -0.861. The zero-order chi connectivity index (χ0) is 12.3. The van der Waals surface area contributed by atoms with E-state index in [0.29, 0.717) is 6.42 Å². The van der Waals surface area contributed by atoms with Gasteiger partial charge in [-0.25, -0.2) is 4.98 Å². The molecule has 17 heavy (non-hydrogen) atoms. The zero-order valence-corrected chi connectivity index (χ0v) is 10.6. The second kappa shape index (κ2) is 5.14. The summed E-state index contributed by atoms with van der Waals surface area (Å²) in [6, 6.07) is 7.90. The Labute approximate surface area is 107 Å². The molecular weight excluding hydrogens is 284 g/mol. The second-order valence-corrected chi connectivity index (χ2v) is 4.58. The van der Waals surface area contributed by atoms with Crippen LogP contribution in [0.4, 0.5) is 0 Å². The van der Waals surface area contributed by atoms with Crippen molar-refractivity contribution < 1.29 is 9.90 Å². The van der Waals surface area contributed by atoms with E-state index in [1.807, 2.05) is 24.3 Å². The molecule has 0 unspecified atom stereocenters. The monoisotopic (exact) mass is 294 g/mol. The van der Waals surface area contributed by atoms with Gasteiger partial charge in [-0.2, -0.15) is 0 Å². The standard InChI is InChI=1S/C12H11BrN2O2/c13-10-3-1-9(2-4-10)7-11-14-5-6-15(11)8-12(16)17/h1-6H,7-8H2,(H,16,17). The number of halogens is 1. The van der Waals surface area contributed by atoms with Crippen molar-refractivity contribution in [3.05, 3.63) is 52.5 Å². The molecule has 0 bridgehead atoms. The van der Waals surface area contributed by atoms with Crippen molar-refractivity contribution in [1.82, 2.24) is 9.55 Å². The topological polar surface area (TPSA) is 55.1 Å². The minimum absolute atomic E-state index is 0.0497. The van der Waals surface area contributed by atoms with E-state index >= 15 is 0 Å². The third kappa shape index (κ3) is 3.17.